The van der Waals surface area contributed by atoms with Crippen molar-refractivity contribution in [3.05, 3.63) is 11.7 Å². The molecule has 0 spiro atoms. The van der Waals surface area contributed by atoms with Crippen LogP contribution in [0, 0.1) is 5.41 Å². The van der Waals surface area contributed by atoms with E-state index in [0.717, 1.165) is 32.1 Å². The second-order valence-corrected chi connectivity index (χ2v) is 6.76. The topological polar surface area (TPSA) is 65.2 Å². The molecule has 5 heteroatoms. The molecular formula is C15H24N2O3. The maximum absolute atomic E-state index is 12.3. The number of esters is 1. The molecule has 5 nitrogen and oxygen atoms in total. The third-order valence-corrected chi connectivity index (χ3v) is 3.69. The zero-order chi connectivity index (χ0) is 14.8. The predicted molar refractivity (Wildman–Crippen MR) is 74.2 cm³/mol. The van der Waals surface area contributed by atoms with E-state index in [4.69, 9.17) is 9.26 Å². The van der Waals surface area contributed by atoms with E-state index in [1.54, 1.807) is 0 Å². The molecular weight excluding hydrogens is 256 g/mol. The van der Waals surface area contributed by atoms with Gasteiger partial charge in [-0.3, -0.25) is 4.79 Å². The molecule has 0 amide bonds. The van der Waals surface area contributed by atoms with Gasteiger partial charge in [0.2, 0.25) is 5.89 Å². The fraction of sp³-hybridized carbons (Fsp3) is 0.800. The number of hydrogen-bond donors (Lipinski definition) is 0. The second kappa shape index (κ2) is 5.54. The third-order valence-electron chi connectivity index (χ3n) is 3.69. The number of ether oxygens (including phenoxy) is 1. The first-order valence-electron chi connectivity index (χ1n) is 7.38. The molecule has 0 unspecified atom stereocenters. The van der Waals surface area contributed by atoms with Gasteiger partial charge in [0, 0.05) is 6.42 Å². The van der Waals surface area contributed by atoms with Crippen molar-refractivity contribution in [2.75, 3.05) is 6.61 Å². The summed E-state index contributed by atoms with van der Waals surface area (Å²) in [5.74, 6) is 0.888. The van der Waals surface area contributed by atoms with E-state index >= 15 is 0 Å². The highest BCUT2D eigenvalue weighted by Gasteiger charge is 2.49. The molecule has 0 radical (unpaired) electrons. The average Bonchev–Trinajstić information content (AvgIpc) is 2.95. The van der Waals surface area contributed by atoms with E-state index in [9.17, 15) is 4.79 Å². The molecule has 1 aromatic heterocycles. The van der Waals surface area contributed by atoms with Crippen molar-refractivity contribution in [1.29, 1.82) is 0 Å². The van der Waals surface area contributed by atoms with E-state index in [1.807, 2.05) is 6.92 Å². The molecule has 112 valence electrons. The van der Waals surface area contributed by atoms with Crippen LogP contribution >= 0.6 is 0 Å². The smallest absolute Gasteiger partial charge is 0.321 e. The Balaban J connectivity index is 2.25. The van der Waals surface area contributed by atoms with Crippen LogP contribution in [0.25, 0.3) is 0 Å². The minimum Gasteiger partial charge on any atom is -0.465 e. The molecule has 1 aliphatic carbocycles. The zero-order valence-electron chi connectivity index (χ0n) is 12.9. The molecule has 0 saturated heterocycles. The van der Waals surface area contributed by atoms with Crippen molar-refractivity contribution in [3.8, 4) is 0 Å². The lowest BCUT2D eigenvalue weighted by atomic mass is 9.86. The monoisotopic (exact) mass is 280 g/mol. The van der Waals surface area contributed by atoms with Crippen molar-refractivity contribution in [2.24, 2.45) is 5.41 Å². The van der Waals surface area contributed by atoms with Crippen LogP contribution in [0.3, 0.4) is 0 Å². The van der Waals surface area contributed by atoms with Crippen LogP contribution in [0.5, 0.6) is 0 Å². The summed E-state index contributed by atoms with van der Waals surface area (Å²) >= 11 is 0. The van der Waals surface area contributed by atoms with Crippen molar-refractivity contribution in [1.82, 2.24) is 10.1 Å². The summed E-state index contributed by atoms with van der Waals surface area (Å²) in [6.45, 7) is 8.57. The summed E-state index contributed by atoms with van der Waals surface area (Å²) in [6.07, 6.45) is 4.20. The van der Waals surface area contributed by atoms with Crippen molar-refractivity contribution in [3.63, 3.8) is 0 Å². The van der Waals surface area contributed by atoms with Crippen molar-refractivity contribution < 1.29 is 14.1 Å². The summed E-state index contributed by atoms with van der Waals surface area (Å²) in [7, 11) is 0. The summed E-state index contributed by atoms with van der Waals surface area (Å²) in [5.41, 5.74) is -0.618. The highest BCUT2D eigenvalue weighted by Crippen LogP contribution is 2.41. The van der Waals surface area contributed by atoms with Crippen LogP contribution in [0.1, 0.15) is 65.1 Å². The Hall–Kier alpha value is -1.39. The lowest BCUT2D eigenvalue weighted by Gasteiger charge is -2.21. The molecule has 1 aliphatic rings. The van der Waals surface area contributed by atoms with Gasteiger partial charge < -0.3 is 9.26 Å². The fourth-order valence-corrected chi connectivity index (χ4v) is 2.75. The molecule has 1 saturated carbocycles. The highest BCUT2D eigenvalue weighted by atomic mass is 16.5. The molecule has 0 N–H and O–H groups in total. The van der Waals surface area contributed by atoms with Gasteiger partial charge in [0.15, 0.2) is 5.82 Å². The van der Waals surface area contributed by atoms with Gasteiger partial charge in [0.05, 0.1) is 6.61 Å². The number of hydrogen-bond acceptors (Lipinski definition) is 5. The summed E-state index contributed by atoms with van der Waals surface area (Å²) in [5, 5.41) is 4.04. The van der Waals surface area contributed by atoms with Crippen molar-refractivity contribution >= 4 is 5.97 Å². The third kappa shape index (κ3) is 3.02. The molecule has 0 aliphatic heterocycles. The lowest BCUT2D eigenvalue weighted by molar-refractivity contribution is -0.151. The first kappa shape index (κ1) is 15.0. The van der Waals surface area contributed by atoms with Gasteiger partial charge in [-0.05, 0) is 25.2 Å². The van der Waals surface area contributed by atoms with Gasteiger partial charge in [-0.1, -0.05) is 38.8 Å². The minimum absolute atomic E-state index is 0.0912. The number of rotatable bonds is 4. The Morgan fingerprint density at radius 2 is 2.00 bits per heavy atom. The number of aromatic nitrogens is 2. The van der Waals surface area contributed by atoms with Crippen LogP contribution in [0.2, 0.25) is 0 Å². The summed E-state index contributed by atoms with van der Waals surface area (Å²) in [4.78, 5) is 16.8. The highest BCUT2D eigenvalue weighted by molar-refractivity contribution is 5.82. The standard InChI is InChI=1S/C15H24N2O3/c1-5-19-13(18)15(8-6-7-9-15)12-16-11(17-20-12)10-14(2,3)4/h5-10H2,1-4H3. The maximum atomic E-state index is 12.3. The molecule has 1 heterocycles. The normalized spacial score (nSPS) is 18.2. The first-order chi connectivity index (χ1) is 9.37. The lowest BCUT2D eigenvalue weighted by Crippen LogP contribution is -2.35. The Bertz CT molecular complexity index is 468. The van der Waals surface area contributed by atoms with Gasteiger partial charge in [-0.25, -0.2) is 0 Å². The second-order valence-electron chi connectivity index (χ2n) is 6.76. The fourth-order valence-electron chi connectivity index (χ4n) is 2.75. The Morgan fingerprint density at radius 3 is 2.55 bits per heavy atom. The van der Waals surface area contributed by atoms with E-state index in [0.29, 0.717) is 18.3 Å². The van der Waals surface area contributed by atoms with Crippen LogP contribution in [-0.4, -0.2) is 22.7 Å². The molecule has 0 aromatic carbocycles. The zero-order valence-corrected chi connectivity index (χ0v) is 12.9. The summed E-state index contributed by atoms with van der Waals surface area (Å²) in [6, 6.07) is 0. The molecule has 0 bridgehead atoms. The first-order valence-corrected chi connectivity index (χ1v) is 7.38. The predicted octanol–water partition coefficient (Wildman–Crippen LogP) is 3.03. The van der Waals surface area contributed by atoms with Crippen LogP contribution in [0.4, 0.5) is 0 Å². The van der Waals surface area contributed by atoms with Gasteiger partial charge in [0.25, 0.3) is 0 Å². The van der Waals surface area contributed by atoms with Crippen molar-refractivity contribution in [2.45, 2.75) is 65.2 Å². The number of nitrogens with zero attached hydrogens (tertiary/aromatic N) is 2. The summed E-state index contributed by atoms with van der Waals surface area (Å²) < 4.78 is 10.6. The molecule has 2 rings (SSSR count). The van der Waals surface area contributed by atoms with Gasteiger partial charge in [-0.15, -0.1) is 0 Å². The van der Waals surface area contributed by atoms with Crippen LogP contribution in [0.15, 0.2) is 4.52 Å². The Morgan fingerprint density at radius 1 is 1.35 bits per heavy atom. The van der Waals surface area contributed by atoms with Crippen LogP contribution in [-0.2, 0) is 21.4 Å². The number of carbonyl (C=O) groups is 1. The Labute approximate surface area is 120 Å². The van der Waals surface area contributed by atoms with Gasteiger partial charge in [0.1, 0.15) is 5.41 Å². The minimum atomic E-state index is -0.709. The molecule has 0 atom stereocenters. The van der Waals surface area contributed by atoms with Crippen LogP contribution < -0.4 is 0 Å². The van der Waals surface area contributed by atoms with E-state index in [1.165, 1.54) is 0 Å². The molecule has 20 heavy (non-hydrogen) atoms. The van der Waals surface area contributed by atoms with Gasteiger partial charge >= 0.3 is 5.97 Å². The largest absolute Gasteiger partial charge is 0.465 e. The average molecular weight is 280 g/mol. The van der Waals surface area contributed by atoms with E-state index < -0.39 is 5.41 Å². The maximum Gasteiger partial charge on any atom is 0.321 e. The molecule has 1 aromatic rings. The van der Waals surface area contributed by atoms with E-state index in [-0.39, 0.29) is 11.4 Å². The number of carbonyl (C=O) groups excluding carboxylic acids is 1. The Kier molecular flexibility index (Phi) is 4.16. The quantitative estimate of drug-likeness (QED) is 0.793. The molecule has 1 fully saturated rings. The van der Waals surface area contributed by atoms with Gasteiger partial charge in [-0.2, -0.15) is 4.98 Å². The SMILES string of the molecule is CCOC(=O)C1(c2nc(CC(C)(C)C)no2)CCCC1. The van der Waals surface area contributed by atoms with E-state index in [2.05, 4.69) is 30.9 Å².